The fourth-order valence-electron chi connectivity index (χ4n) is 21.2. The summed E-state index contributed by atoms with van der Waals surface area (Å²) in [4.78, 5) is 22.2. The molecule has 12 aliphatic rings. The van der Waals surface area contributed by atoms with Crippen LogP contribution in [0, 0.1) is 0 Å². The first-order valence-electron chi connectivity index (χ1n) is 37.7. The predicted molar refractivity (Wildman–Crippen MR) is 423 cm³/mol. The van der Waals surface area contributed by atoms with Gasteiger partial charge in [0.2, 0.25) is 0 Å². The number of hydrogen-bond acceptors (Lipinski definition) is 6. The summed E-state index contributed by atoms with van der Waals surface area (Å²) in [6.07, 6.45) is 20.0. The van der Waals surface area contributed by atoms with E-state index in [0.29, 0.717) is 0 Å². The summed E-state index contributed by atoms with van der Waals surface area (Å²) in [7, 11) is 0. The number of pyridine rings is 3. The molecule has 6 aliphatic heterocycles. The molecule has 6 heteroatoms. The van der Waals surface area contributed by atoms with Crippen LogP contribution in [0.4, 0.5) is 51.2 Å². The summed E-state index contributed by atoms with van der Waals surface area (Å²) in [6, 6.07) is 87.0. The molecule has 12 aromatic carbocycles. The van der Waals surface area contributed by atoms with E-state index in [1.165, 1.54) is 252 Å². The molecule has 0 N–H and O–H groups in total. The largest absolute Gasteiger partial charge is 0.309 e. The van der Waals surface area contributed by atoms with Crippen LogP contribution in [0.3, 0.4) is 0 Å². The van der Waals surface area contributed by atoms with Crippen LogP contribution in [0.25, 0.3) is 66.8 Å². The lowest BCUT2D eigenvalue weighted by Gasteiger charge is -2.40. The summed E-state index contributed by atoms with van der Waals surface area (Å²) < 4.78 is 0. The lowest BCUT2D eigenvalue weighted by Crippen LogP contribution is -2.26. The van der Waals surface area contributed by atoms with Gasteiger partial charge < -0.3 is 14.7 Å². The molecule has 492 valence electrons. The fourth-order valence-corrected chi connectivity index (χ4v) is 21.2. The highest BCUT2D eigenvalue weighted by Crippen LogP contribution is 2.61. The lowest BCUT2D eigenvalue weighted by molar-refractivity contribution is 0.952. The Labute approximate surface area is 609 Å². The van der Waals surface area contributed by atoms with Crippen molar-refractivity contribution in [2.24, 2.45) is 0 Å². The SMILES string of the molecule is c1ccc2c(c1)Cc1cc3c(cc1-2)N1c2c(ccnc2C3)Cc2ccc3c(c21)Cc1ccccc1-3.c1ccc2c(c1)Cc1cc3c(cc1-2)N1c2c(ccnc2Cc2ccc4c(c21)Cc1ccccc1-4)C3.c1ccc2c(c1)Cc1cc3c(cc1-2)N1c2c(cncc2Cc2ccc4c(c21)Cc1ccccc1-4)C3. The third-order valence-corrected chi connectivity index (χ3v) is 25.6. The molecule has 0 unspecified atom stereocenters. The Hall–Kier alpha value is -12.5. The van der Waals surface area contributed by atoms with Gasteiger partial charge in [0.1, 0.15) is 0 Å². The summed E-state index contributed by atoms with van der Waals surface area (Å²) in [5.41, 5.74) is 62.8. The molecule has 6 aliphatic carbocycles. The standard InChI is InChI=1S/3C33H22N2/c1-4-8-27-19(5-1)11-22-13-23-14-25-18-34-17-24-12-21-9-10-28-26-7-3-2-6-20(26)15-30(28)33(21)35(32(24)25)31(23)16-29(22)27;1-4-8-26-19(5-1)13-23-15-24-14-22-11-12-34-30-17-21-9-10-27-25-7-3-2-6-20(25)16-29(27)32(21)35(33(22)30)31(24)18-28(23)26;1-4-8-26-19(5-1)13-23-15-24-17-30-33-22(11-12-34-30)14-21-9-10-27-25-7-3-2-6-20(25)16-29(27)32(21)35(33)31(24)18-28(23)26/h1-10,13,16-18H,11-12,14-15H2;2*1-12,15,18H,13-14,16-17H2. The van der Waals surface area contributed by atoms with E-state index in [-0.39, 0.29) is 0 Å². The maximum absolute atomic E-state index is 4.91. The second kappa shape index (κ2) is 21.1. The van der Waals surface area contributed by atoms with E-state index >= 15 is 0 Å². The van der Waals surface area contributed by atoms with Crippen molar-refractivity contribution in [1.29, 1.82) is 0 Å². The van der Waals surface area contributed by atoms with E-state index < -0.39 is 0 Å². The molecular weight excluding hydrogens is 1270 g/mol. The van der Waals surface area contributed by atoms with Gasteiger partial charge in [-0.1, -0.05) is 200 Å². The number of rotatable bonds is 0. The van der Waals surface area contributed by atoms with Crippen molar-refractivity contribution in [3.63, 3.8) is 0 Å². The topological polar surface area (TPSA) is 48.4 Å². The Kier molecular flexibility index (Phi) is 11.5. The zero-order chi connectivity index (χ0) is 68.0. The zero-order valence-corrected chi connectivity index (χ0v) is 57.9. The van der Waals surface area contributed by atoms with E-state index in [1.807, 2.05) is 12.4 Å². The Balaban J connectivity index is 0.0000000914. The van der Waals surface area contributed by atoms with Crippen molar-refractivity contribution < 1.29 is 0 Å². The van der Waals surface area contributed by atoms with Crippen molar-refractivity contribution in [1.82, 2.24) is 15.0 Å². The highest BCUT2D eigenvalue weighted by molar-refractivity contribution is 6.01. The summed E-state index contributed by atoms with van der Waals surface area (Å²) in [6.45, 7) is 0. The monoisotopic (exact) mass is 1340 g/mol. The highest BCUT2D eigenvalue weighted by Gasteiger charge is 2.42. The van der Waals surface area contributed by atoms with Gasteiger partial charge >= 0.3 is 0 Å². The lowest BCUT2D eigenvalue weighted by atomic mass is 9.84. The summed E-state index contributed by atoms with van der Waals surface area (Å²) >= 11 is 0. The smallest absolute Gasteiger partial charge is 0.0716 e. The summed E-state index contributed by atoms with van der Waals surface area (Å²) in [5, 5.41) is 0. The van der Waals surface area contributed by atoms with Crippen molar-refractivity contribution >= 4 is 51.2 Å². The van der Waals surface area contributed by atoms with Crippen molar-refractivity contribution in [3.05, 3.63) is 389 Å². The van der Waals surface area contributed by atoms with Crippen LogP contribution in [0.1, 0.15) is 134 Å². The number of hydrogen-bond donors (Lipinski definition) is 0. The first-order chi connectivity index (χ1) is 52.0. The molecule has 0 saturated carbocycles. The minimum atomic E-state index is 0.905. The Morgan fingerprint density at radius 3 is 0.876 bits per heavy atom. The van der Waals surface area contributed by atoms with E-state index in [4.69, 9.17) is 9.97 Å². The molecule has 0 bridgehead atoms. The molecule has 27 rings (SSSR count). The van der Waals surface area contributed by atoms with Crippen molar-refractivity contribution in [2.75, 3.05) is 14.7 Å². The maximum Gasteiger partial charge on any atom is 0.0716 e. The minimum Gasteiger partial charge on any atom is -0.309 e. The molecule has 0 spiro atoms. The van der Waals surface area contributed by atoms with Crippen LogP contribution < -0.4 is 14.7 Å². The van der Waals surface area contributed by atoms with Gasteiger partial charge in [0, 0.05) is 82.6 Å². The Morgan fingerprint density at radius 2 is 0.476 bits per heavy atom. The normalized spacial score (nSPS) is 14.9. The van der Waals surface area contributed by atoms with E-state index in [1.54, 1.807) is 0 Å². The van der Waals surface area contributed by atoms with Gasteiger partial charge in [-0.15, -0.1) is 0 Å². The van der Waals surface area contributed by atoms with Gasteiger partial charge in [-0.25, -0.2) is 0 Å². The average molecular weight is 1340 g/mol. The van der Waals surface area contributed by atoms with Gasteiger partial charge in [0.05, 0.1) is 62.6 Å². The minimum absolute atomic E-state index is 0.905. The molecular formula is C99H66N6. The van der Waals surface area contributed by atoms with Crippen LogP contribution in [0.5, 0.6) is 0 Å². The number of nitrogens with zero attached hydrogens (tertiary/aromatic N) is 6. The van der Waals surface area contributed by atoms with Crippen LogP contribution in [0.2, 0.25) is 0 Å². The van der Waals surface area contributed by atoms with Gasteiger partial charge in [-0.2, -0.15) is 0 Å². The van der Waals surface area contributed by atoms with Gasteiger partial charge in [-0.05, 0) is 239 Å². The molecule has 15 aromatic rings. The van der Waals surface area contributed by atoms with E-state index in [2.05, 4.69) is 263 Å². The second-order valence-corrected chi connectivity index (χ2v) is 31.1. The predicted octanol–water partition coefficient (Wildman–Crippen LogP) is 22.5. The average Bonchev–Trinajstić information content (AvgIpc) is 1.65. The Morgan fingerprint density at radius 1 is 0.190 bits per heavy atom. The van der Waals surface area contributed by atoms with Crippen LogP contribution in [-0.2, 0) is 77.0 Å². The molecule has 9 heterocycles. The molecule has 0 radical (unpaired) electrons. The zero-order valence-electron chi connectivity index (χ0n) is 57.9. The first-order valence-corrected chi connectivity index (χ1v) is 37.7. The summed E-state index contributed by atoms with van der Waals surface area (Å²) in [5.74, 6) is 0. The van der Waals surface area contributed by atoms with Crippen LogP contribution in [0.15, 0.2) is 255 Å². The number of benzene rings is 12. The molecule has 0 saturated heterocycles. The molecule has 0 amide bonds. The maximum atomic E-state index is 4.91. The van der Waals surface area contributed by atoms with Crippen molar-refractivity contribution in [3.8, 4) is 66.8 Å². The van der Waals surface area contributed by atoms with Gasteiger partial charge in [0.15, 0.2) is 0 Å². The number of fused-ring (bicyclic) bond motifs is 33. The van der Waals surface area contributed by atoms with Crippen LogP contribution >= 0.6 is 0 Å². The molecule has 0 atom stereocenters. The molecule has 6 nitrogen and oxygen atoms in total. The Bertz CT molecular complexity index is 5900. The molecule has 3 aromatic heterocycles. The molecule has 0 fully saturated rings. The molecule has 105 heavy (non-hydrogen) atoms. The second-order valence-electron chi connectivity index (χ2n) is 31.1. The van der Waals surface area contributed by atoms with E-state index in [0.717, 1.165) is 77.0 Å². The van der Waals surface area contributed by atoms with Crippen LogP contribution in [-0.4, -0.2) is 15.0 Å². The van der Waals surface area contributed by atoms with E-state index in [9.17, 15) is 0 Å². The highest BCUT2D eigenvalue weighted by atomic mass is 15.2. The quantitative estimate of drug-likeness (QED) is 0.151. The fraction of sp³-hybridized carbons (Fsp3) is 0.121. The third-order valence-electron chi connectivity index (χ3n) is 25.6. The van der Waals surface area contributed by atoms with Gasteiger partial charge in [0.25, 0.3) is 0 Å². The third kappa shape index (κ3) is 8.01. The number of anilines is 9. The number of aromatic nitrogens is 3. The van der Waals surface area contributed by atoms with Gasteiger partial charge in [-0.3, -0.25) is 15.0 Å². The van der Waals surface area contributed by atoms with Crippen molar-refractivity contribution in [2.45, 2.75) is 77.0 Å². The first kappa shape index (κ1) is 57.1.